The van der Waals surface area contributed by atoms with E-state index in [0.29, 0.717) is 11.7 Å². The van der Waals surface area contributed by atoms with Gasteiger partial charge in [-0.05, 0) is 18.1 Å². The summed E-state index contributed by atoms with van der Waals surface area (Å²) in [5.41, 5.74) is 8.35. The molecule has 0 aliphatic carbocycles. The lowest BCUT2D eigenvalue weighted by molar-refractivity contribution is 0.775. The zero-order valence-corrected chi connectivity index (χ0v) is 10.3. The summed E-state index contributed by atoms with van der Waals surface area (Å²) >= 11 is 0. The van der Waals surface area contributed by atoms with Gasteiger partial charge in [0.05, 0.1) is 0 Å². The molecular weight excluding hydrogens is 222 g/mol. The molecule has 0 amide bonds. The van der Waals surface area contributed by atoms with Crippen molar-refractivity contribution in [3.63, 3.8) is 0 Å². The molecule has 1 aliphatic rings. The molecule has 1 aliphatic heterocycles. The van der Waals surface area contributed by atoms with Crippen molar-refractivity contribution in [1.82, 2.24) is 4.98 Å². The standard InChI is InChI=1S/C15H17N3/c16-15-10-14(6-8-17-15)18-9-7-13(11-18)12-4-2-1-3-5-12/h1-6,8,10,13H,7,9,11H2,(H2,16,17). The third-order valence-corrected chi connectivity index (χ3v) is 3.59. The van der Waals surface area contributed by atoms with E-state index in [1.165, 1.54) is 17.7 Å². The predicted molar refractivity (Wildman–Crippen MR) is 74.7 cm³/mol. The van der Waals surface area contributed by atoms with E-state index in [1.807, 2.05) is 12.1 Å². The Labute approximate surface area is 107 Å². The number of nitrogens with zero attached hydrogens (tertiary/aromatic N) is 2. The van der Waals surface area contributed by atoms with Gasteiger partial charge in [-0.1, -0.05) is 30.3 Å². The summed E-state index contributed by atoms with van der Waals surface area (Å²) in [6.07, 6.45) is 2.98. The van der Waals surface area contributed by atoms with Crippen LogP contribution >= 0.6 is 0 Å². The number of benzene rings is 1. The van der Waals surface area contributed by atoms with Crippen molar-refractivity contribution in [2.75, 3.05) is 23.7 Å². The Balaban J connectivity index is 1.76. The first-order chi connectivity index (χ1) is 8.83. The molecule has 3 heteroatoms. The average Bonchev–Trinajstić information content (AvgIpc) is 2.89. The van der Waals surface area contributed by atoms with Gasteiger partial charge >= 0.3 is 0 Å². The Morgan fingerprint density at radius 1 is 1.17 bits per heavy atom. The van der Waals surface area contributed by atoms with Crippen LogP contribution < -0.4 is 10.6 Å². The molecule has 3 nitrogen and oxygen atoms in total. The SMILES string of the molecule is Nc1cc(N2CCC(c3ccccc3)C2)ccn1. The molecule has 2 N–H and O–H groups in total. The van der Waals surface area contributed by atoms with Crippen molar-refractivity contribution in [1.29, 1.82) is 0 Å². The van der Waals surface area contributed by atoms with Gasteiger partial charge in [-0.3, -0.25) is 0 Å². The molecule has 0 saturated carbocycles. The maximum absolute atomic E-state index is 5.73. The maximum Gasteiger partial charge on any atom is 0.125 e. The molecule has 1 saturated heterocycles. The lowest BCUT2D eigenvalue weighted by Crippen LogP contribution is -2.19. The van der Waals surface area contributed by atoms with Crippen LogP contribution in [0.4, 0.5) is 11.5 Å². The number of pyridine rings is 1. The van der Waals surface area contributed by atoms with Crippen LogP contribution in [-0.4, -0.2) is 18.1 Å². The van der Waals surface area contributed by atoms with E-state index in [1.54, 1.807) is 6.20 Å². The van der Waals surface area contributed by atoms with Crippen molar-refractivity contribution < 1.29 is 0 Å². The molecule has 1 aromatic carbocycles. The number of aromatic nitrogens is 1. The van der Waals surface area contributed by atoms with E-state index >= 15 is 0 Å². The third-order valence-electron chi connectivity index (χ3n) is 3.59. The van der Waals surface area contributed by atoms with E-state index in [0.717, 1.165) is 13.1 Å². The highest BCUT2D eigenvalue weighted by Crippen LogP contribution is 2.30. The molecule has 0 spiro atoms. The van der Waals surface area contributed by atoms with Crippen LogP contribution in [0, 0.1) is 0 Å². The van der Waals surface area contributed by atoms with Crippen molar-refractivity contribution in [3.05, 3.63) is 54.2 Å². The van der Waals surface area contributed by atoms with Gasteiger partial charge in [-0.15, -0.1) is 0 Å². The van der Waals surface area contributed by atoms with Gasteiger partial charge in [-0.25, -0.2) is 4.98 Å². The van der Waals surface area contributed by atoms with Gasteiger partial charge < -0.3 is 10.6 Å². The van der Waals surface area contributed by atoms with Gasteiger partial charge in [0.15, 0.2) is 0 Å². The monoisotopic (exact) mass is 239 g/mol. The van der Waals surface area contributed by atoms with Gasteiger partial charge in [0, 0.05) is 37.0 Å². The number of hydrogen-bond acceptors (Lipinski definition) is 3. The fraction of sp³-hybridized carbons (Fsp3) is 0.267. The highest BCUT2D eigenvalue weighted by Gasteiger charge is 2.23. The Kier molecular flexibility index (Phi) is 2.89. The Bertz CT molecular complexity index is 524. The van der Waals surface area contributed by atoms with Crippen molar-refractivity contribution >= 4 is 11.5 Å². The fourth-order valence-corrected chi connectivity index (χ4v) is 2.63. The largest absolute Gasteiger partial charge is 0.384 e. The smallest absolute Gasteiger partial charge is 0.125 e. The normalized spacial score (nSPS) is 19.1. The average molecular weight is 239 g/mol. The topological polar surface area (TPSA) is 42.1 Å². The quantitative estimate of drug-likeness (QED) is 0.876. The van der Waals surface area contributed by atoms with Crippen LogP contribution in [0.2, 0.25) is 0 Å². The first kappa shape index (κ1) is 11.1. The minimum absolute atomic E-state index is 0.593. The number of nitrogen functional groups attached to an aromatic ring is 1. The second-order valence-electron chi connectivity index (χ2n) is 4.78. The summed E-state index contributed by atoms with van der Waals surface area (Å²) in [7, 11) is 0. The molecule has 1 aromatic heterocycles. The molecule has 3 rings (SSSR count). The number of nitrogens with two attached hydrogens (primary N) is 1. The van der Waals surface area contributed by atoms with Gasteiger partial charge in [-0.2, -0.15) is 0 Å². The van der Waals surface area contributed by atoms with Gasteiger partial charge in [0.1, 0.15) is 5.82 Å². The summed E-state index contributed by atoms with van der Waals surface area (Å²) in [4.78, 5) is 6.42. The summed E-state index contributed by atoms with van der Waals surface area (Å²) in [5, 5.41) is 0. The second kappa shape index (κ2) is 4.69. The van der Waals surface area contributed by atoms with Crippen molar-refractivity contribution in [3.8, 4) is 0 Å². The Morgan fingerprint density at radius 2 is 2.00 bits per heavy atom. The highest BCUT2D eigenvalue weighted by atomic mass is 15.2. The van der Waals surface area contributed by atoms with Crippen LogP contribution in [0.15, 0.2) is 48.7 Å². The zero-order valence-electron chi connectivity index (χ0n) is 10.3. The Hall–Kier alpha value is -2.03. The minimum Gasteiger partial charge on any atom is -0.384 e. The summed E-state index contributed by atoms with van der Waals surface area (Å²) in [5.74, 6) is 1.22. The molecule has 1 fully saturated rings. The van der Waals surface area contributed by atoms with Gasteiger partial charge in [0.2, 0.25) is 0 Å². The molecule has 1 atom stereocenters. The zero-order chi connectivity index (χ0) is 12.4. The van der Waals surface area contributed by atoms with E-state index in [2.05, 4.69) is 40.2 Å². The van der Waals surface area contributed by atoms with Crippen LogP contribution in [-0.2, 0) is 0 Å². The van der Waals surface area contributed by atoms with Crippen LogP contribution in [0.25, 0.3) is 0 Å². The third kappa shape index (κ3) is 2.16. The number of rotatable bonds is 2. The summed E-state index contributed by atoms with van der Waals surface area (Å²) in [6.45, 7) is 2.15. The molecule has 0 bridgehead atoms. The molecule has 1 unspecified atom stereocenters. The first-order valence-corrected chi connectivity index (χ1v) is 6.34. The van der Waals surface area contributed by atoms with Crippen molar-refractivity contribution in [2.45, 2.75) is 12.3 Å². The number of hydrogen-bond donors (Lipinski definition) is 1. The van der Waals surface area contributed by atoms with E-state index < -0.39 is 0 Å². The second-order valence-corrected chi connectivity index (χ2v) is 4.78. The molecular formula is C15H17N3. The van der Waals surface area contributed by atoms with Crippen LogP contribution in [0.1, 0.15) is 17.9 Å². The van der Waals surface area contributed by atoms with Gasteiger partial charge in [0.25, 0.3) is 0 Å². The first-order valence-electron chi connectivity index (χ1n) is 6.34. The fourth-order valence-electron chi connectivity index (χ4n) is 2.63. The number of anilines is 2. The van der Waals surface area contributed by atoms with Crippen LogP contribution in [0.3, 0.4) is 0 Å². The highest BCUT2D eigenvalue weighted by molar-refractivity contribution is 5.53. The summed E-state index contributed by atoms with van der Waals surface area (Å²) in [6, 6.07) is 14.7. The van der Waals surface area contributed by atoms with E-state index in [-0.39, 0.29) is 0 Å². The minimum atomic E-state index is 0.593. The van der Waals surface area contributed by atoms with E-state index in [9.17, 15) is 0 Å². The predicted octanol–water partition coefficient (Wildman–Crippen LogP) is 2.66. The molecule has 2 aromatic rings. The molecule has 0 radical (unpaired) electrons. The molecule has 92 valence electrons. The lowest BCUT2D eigenvalue weighted by Gasteiger charge is -2.18. The Morgan fingerprint density at radius 3 is 2.78 bits per heavy atom. The maximum atomic E-state index is 5.73. The molecule has 18 heavy (non-hydrogen) atoms. The van der Waals surface area contributed by atoms with E-state index in [4.69, 9.17) is 5.73 Å². The summed E-state index contributed by atoms with van der Waals surface area (Å²) < 4.78 is 0. The lowest BCUT2D eigenvalue weighted by atomic mass is 9.99. The van der Waals surface area contributed by atoms with Crippen molar-refractivity contribution in [2.24, 2.45) is 0 Å². The molecule has 2 heterocycles. The van der Waals surface area contributed by atoms with Crippen LogP contribution in [0.5, 0.6) is 0 Å².